The zero-order valence-electron chi connectivity index (χ0n) is 5.82. The van der Waals surface area contributed by atoms with Gasteiger partial charge in [-0.1, -0.05) is 15.9 Å². The Morgan fingerprint density at radius 3 is 2.33 bits per heavy atom. The lowest BCUT2D eigenvalue weighted by Crippen LogP contribution is -2.41. The molecule has 2 heteroatoms. The normalized spacial score (nSPS) is 23.3. The molecule has 1 aliphatic carbocycles. The number of alkyl halides is 1. The first-order valence-electron chi connectivity index (χ1n) is 3.53. The van der Waals surface area contributed by atoms with Crippen LogP contribution in [0.4, 0.5) is 0 Å². The molecule has 1 fully saturated rings. The van der Waals surface area contributed by atoms with Crippen molar-refractivity contribution in [1.29, 1.82) is 0 Å². The van der Waals surface area contributed by atoms with Crippen molar-refractivity contribution in [3.05, 3.63) is 0 Å². The largest absolute Gasteiger partial charge is 0.374 e. The van der Waals surface area contributed by atoms with Crippen molar-refractivity contribution >= 4 is 15.9 Å². The van der Waals surface area contributed by atoms with E-state index in [9.17, 15) is 0 Å². The van der Waals surface area contributed by atoms with Crippen LogP contribution in [-0.2, 0) is 4.74 Å². The zero-order valence-corrected chi connectivity index (χ0v) is 7.41. The van der Waals surface area contributed by atoms with Gasteiger partial charge in [0.25, 0.3) is 0 Å². The van der Waals surface area contributed by atoms with Crippen molar-refractivity contribution in [3.8, 4) is 0 Å². The molecule has 0 bridgehead atoms. The third-order valence-electron chi connectivity index (χ3n) is 1.96. The van der Waals surface area contributed by atoms with Gasteiger partial charge in [-0.2, -0.15) is 0 Å². The van der Waals surface area contributed by atoms with E-state index in [0.29, 0.717) is 0 Å². The summed E-state index contributed by atoms with van der Waals surface area (Å²) in [6, 6.07) is 0. The molecule has 0 heterocycles. The molecular formula is C7H13BrO. The average molecular weight is 193 g/mol. The number of ether oxygens (including phenoxy) is 1. The van der Waals surface area contributed by atoms with Crippen molar-refractivity contribution in [2.45, 2.75) is 31.8 Å². The van der Waals surface area contributed by atoms with Crippen LogP contribution in [0, 0.1) is 0 Å². The van der Waals surface area contributed by atoms with Crippen LogP contribution in [0.2, 0.25) is 0 Å². The Kier molecular flexibility index (Phi) is 2.53. The highest BCUT2D eigenvalue weighted by atomic mass is 79.9. The minimum atomic E-state index is 0.231. The molecule has 0 N–H and O–H groups in total. The van der Waals surface area contributed by atoms with Gasteiger partial charge in [0.1, 0.15) is 0 Å². The molecule has 0 aromatic rings. The predicted octanol–water partition coefficient (Wildman–Crippen LogP) is 2.34. The molecule has 1 saturated carbocycles. The Bertz CT molecular complexity index is 83.4. The van der Waals surface area contributed by atoms with Gasteiger partial charge in [-0.05, 0) is 26.2 Å². The maximum Gasteiger partial charge on any atom is 0.0778 e. The average Bonchev–Trinajstić information content (AvgIpc) is 1.79. The first-order chi connectivity index (χ1) is 4.33. The second-order valence-electron chi connectivity index (χ2n) is 2.60. The van der Waals surface area contributed by atoms with Gasteiger partial charge in [-0.3, -0.25) is 0 Å². The second-order valence-corrected chi connectivity index (χ2v) is 3.16. The van der Waals surface area contributed by atoms with Crippen LogP contribution in [0.5, 0.6) is 0 Å². The molecule has 1 nitrogen and oxygen atoms in total. The van der Waals surface area contributed by atoms with E-state index in [1.54, 1.807) is 0 Å². The molecule has 0 amide bonds. The van der Waals surface area contributed by atoms with E-state index < -0.39 is 0 Å². The lowest BCUT2D eigenvalue weighted by molar-refractivity contribution is -0.0749. The van der Waals surface area contributed by atoms with Crippen LogP contribution in [0.25, 0.3) is 0 Å². The van der Waals surface area contributed by atoms with Gasteiger partial charge in [-0.15, -0.1) is 0 Å². The molecule has 9 heavy (non-hydrogen) atoms. The lowest BCUT2D eigenvalue weighted by atomic mass is 9.82. The summed E-state index contributed by atoms with van der Waals surface area (Å²) in [6.45, 7) is 2.91. The summed E-state index contributed by atoms with van der Waals surface area (Å²) >= 11 is 3.46. The van der Waals surface area contributed by atoms with E-state index in [2.05, 4.69) is 22.9 Å². The maximum absolute atomic E-state index is 5.57. The fraction of sp³-hybridized carbons (Fsp3) is 1.00. The van der Waals surface area contributed by atoms with Crippen molar-refractivity contribution in [3.63, 3.8) is 0 Å². The highest BCUT2D eigenvalue weighted by Crippen LogP contribution is 2.36. The first-order valence-corrected chi connectivity index (χ1v) is 4.65. The van der Waals surface area contributed by atoms with Crippen LogP contribution in [0.15, 0.2) is 0 Å². The minimum Gasteiger partial charge on any atom is -0.374 e. The summed E-state index contributed by atoms with van der Waals surface area (Å²) in [5.41, 5.74) is 0.231. The van der Waals surface area contributed by atoms with Gasteiger partial charge in [0.15, 0.2) is 0 Å². The van der Waals surface area contributed by atoms with E-state index in [4.69, 9.17) is 4.74 Å². The SMILES string of the molecule is CCOC1(CBr)CCC1. The number of rotatable bonds is 3. The Labute approximate surface area is 64.9 Å². The van der Waals surface area contributed by atoms with E-state index >= 15 is 0 Å². The van der Waals surface area contributed by atoms with Crippen LogP contribution < -0.4 is 0 Å². The van der Waals surface area contributed by atoms with Crippen molar-refractivity contribution in [2.75, 3.05) is 11.9 Å². The van der Waals surface area contributed by atoms with Crippen molar-refractivity contribution in [2.24, 2.45) is 0 Å². The standard InChI is InChI=1S/C7H13BrO/c1-2-9-7(6-8)4-3-5-7/h2-6H2,1H3. The molecule has 0 atom stereocenters. The third-order valence-corrected chi connectivity index (χ3v) is 2.98. The number of hydrogen-bond donors (Lipinski definition) is 0. The summed E-state index contributed by atoms with van der Waals surface area (Å²) in [4.78, 5) is 0. The van der Waals surface area contributed by atoms with E-state index in [0.717, 1.165) is 11.9 Å². The third kappa shape index (κ3) is 1.47. The molecule has 54 valence electrons. The maximum atomic E-state index is 5.57. The lowest BCUT2D eigenvalue weighted by Gasteiger charge is -2.39. The fourth-order valence-electron chi connectivity index (χ4n) is 1.19. The summed E-state index contributed by atoms with van der Waals surface area (Å²) in [5.74, 6) is 0. The van der Waals surface area contributed by atoms with Gasteiger partial charge in [0.05, 0.1) is 5.60 Å². The van der Waals surface area contributed by atoms with E-state index in [1.807, 2.05) is 0 Å². The molecular weight excluding hydrogens is 180 g/mol. The highest BCUT2D eigenvalue weighted by molar-refractivity contribution is 9.09. The minimum absolute atomic E-state index is 0.231. The molecule has 0 aromatic heterocycles. The topological polar surface area (TPSA) is 9.23 Å². The van der Waals surface area contributed by atoms with Crippen LogP contribution in [-0.4, -0.2) is 17.5 Å². The second kappa shape index (κ2) is 3.02. The molecule has 0 aromatic carbocycles. The molecule has 0 aliphatic heterocycles. The summed E-state index contributed by atoms with van der Waals surface area (Å²) in [5, 5.41) is 1.01. The molecule has 0 saturated heterocycles. The Morgan fingerprint density at radius 1 is 1.56 bits per heavy atom. The smallest absolute Gasteiger partial charge is 0.0778 e. The van der Waals surface area contributed by atoms with E-state index in [1.165, 1.54) is 19.3 Å². The fourth-order valence-corrected chi connectivity index (χ4v) is 1.92. The van der Waals surface area contributed by atoms with Gasteiger partial charge in [0.2, 0.25) is 0 Å². The Hall–Kier alpha value is 0.440. The van der Waals surface area contributed by atoms with Gasteiger partial charge in [0, 0.05) is 11.9 Å². The first kappa shape index (κ1) is 7.55. The quantitative estimate of drug-likeness (QED) is 0.625. The number of hydrogen-bond acceptors (Lipinski definition) is 1. The van der Waals surface area contributed by atoms with Gasteiger partial charge in [-0.25, -0.2) is 0 Å². The van der Waals surface area contributed by atoms with Crippen LogP contribution in [0.1, 0.15) is 26.2 Å². The van der Waals surface area contributed by atoms with Crippen LogP contribution >= 0.6 is 15.9 Å². The zero-order chi connectivity index (χ0) is 6.74. The van der Waals surface area contributed by atoms with Gasteiger partial charge < -0.3 is 4.74 Å². The molecule has 0 unspecified atom stereocenters. The molecule has 1 rings (SSSR count). The Morgan fingerprint density at radius 2 is 2.22 bits per heavy atom. The summed E-state index contributed by atoms with van der Waals surface area (Å²) in [6.07, 6.45) is 3.82. The van der Waals surface area contributed by atoms with Crippen molar-refractivity contribution < 1.29 is 4.74 Å². The molecule has 1 aliphatic rings. The summed E-state index contributed by atoms with van der Waals surface area (Å²) < 4.78 is 5.57. The number of halogens is 1. The van der Waals surface area contributed by atoms with E-state index in [-0.39, 0.29) is 5.60 Å². The van der Waals surface area contributed by atoms with Crippen LogP contribution in [0.3, 0.4) is 0 Å². The summed E-state index contributed by atoms with van der Waals surface area (Å²) in [7, 11) is 0. The van der Waals surface area contributed by atoms with Crippen molar-refractivity contribution in [1.82, 2.24) is 0 Å². The predicted molar refractivity (Wildman–Crippen MR) is 42.0 cm³/mol. The molecule has 0 spiro atoms. The monoisotopic (exact) mass is 192 g/mol. The Balaban J connectivity index is 2.28. The highest BCUT2D eigenvalue weighted by Gasteiger charge is 2.36. The van der Waals surface area contributed by atoms with Gasteiger partial charge >= 0.3 is 0 Å². The molecule has 0 radical (unpaired) electrons.